The molecule has 1 aromatic rings. The largest absolute Gasteiger partial charge is 0.342 e. The molecule has 0 bridgehead atoms. The maximum Gasteiger partial charge on any atom is 0.227 e. The number of amides is 2. The number of carbonyl (C=O) groups is 2. The topological polar surface area (TPSA) is 82.8 Å². The Morgan fingerprint density at radius 1 is 1.12 bits per heavy atom. The van der Waals surface area contributed by atoms with Gasteiger partial charge in [-0.2, -0.15) is 0 Å². The summed E-state index contributed by atoms with van der Waals surface area (Å²) in [4.78, 5) is 30.3. The van der Waals surface area contributed by atoms with Crippen molar-refractivity contribution in [1.29, 1.82) is 0 Å². The fourth-order valence-electron chi connectivity index (χ4n) is 3.45. The minimum atomic E-state index is -0.0452. The number of nitrogens with zero attached hydrogens (tertiary/aromatic N) is 5. The second-order valence-corrected chi connectivity index (χ2v) is 6.70. The predicted molar refractivity (Wildman–Crippen MR) is 85.9 cm³/mol. The molecule has 2 saturated heterocycles. The van der Waals surface area contributed by atoms with Crippen LogP contribution in [-0.2, 0) is 16.1 Å². The molecule has 0 aromatic carbocycles. The molecule has 2 aliphatic heterocycles. The van der Waals surface area contributed by atoms with Crippen LogP contribution in [0.4, 0.5) is 0 Å². The monoisotopic (exact) mass is 335 g/mol. The van der Waals surface area contributed by atoms with Crippen LogP contribution in [0.25, 0.3) is 0 Å². The fourth-order valence-corrected chi connectivity index (χ4v) is 3.45. The van der Waals surface area contributed by atoms with Gasteiger partial charge >= 0.3 is 0 Å². The fraction of sp³-hybridized carbons (Fsp3) is 0.750. The van der Waals surface area contributed by atoms with E-state index in [4.69, 9.17) is 4.63 Å². The third-order valence-corrected chi connectivity index (χ3v) is 5.02. The smallest absolute Gasteiger partial charge is 0.227 e. The molecule has 1 aromatic heterocycles. The molecule has 0 spiro atoms. The minimum Gasteiger partial charge on any atom is -0.342 e. The standard InChI is InChI=1S/C16H25N5O3/c1-12-15(18-24-17-12)11-19-6-8-20(9-7-19)16(23)14-4-3-5-21(10-14)13(2)22/h14H,3-11H2,1-2H3. The number of hydrogen-bond donors (Lipinski definition) is 0. The van der Waals surface area contributed by atoms with Crippen molar-refractivity contribution in [2.75, 3.05) is 39.3 Å². The van der Waals surface area contributed by atoms with E-state index in [9.17, 15) is 9.59 Å². The quantitative estimate of drug-likeness (QED) is 0.789. The highest BCUT2D eigenvalue weighted by molar-refractivity contribution is 5.81. The number of likely N-dealkylation sites (tertiary alicyclic amines) is 1. The predicted octanol–water partition coefficient (Wildman–Crippen LogP) is 0.281. The number of piperazine rings is 1. The van der Waals surface area contributed by atoms with Crippen LogP contribution in [0.1, 0.15) is 31.2 Å². The number of rotatable bonds is 3. The highest BCUT2D eigenvalue weighted by atomic mass is 16.6. The van der Waals surface area contributed by atoms with Gasteiger partial charge in [-0.25, -0.2) is 4.63 Å². The second kappa shape index (κ2) is 7.29. The summed E-state index contributed by atoms with van der Waals surface area (Å²) in [7, 11) is 0. The molecule has 1 atom stereocenters. The van der Waals surface area contributed by atoms with E-state index < -0.39 is 0 Å². The molecule has 1 unspecified atom stereocenters. The summed E-state index contributed by atoms with van der Waals surface area (Å²) < 4.78 is 4.73. The molecule has 0 N–H and O–H groups in total. The summed E-state index contributed by atoms with van der Waals surface area (Å²) in [5, 5.41) is 7.71. The zero-order valence-corrected chi connectivity index (χ0v) is 14.4. The van der Waals surface area contributed by atoms with Crippen LogP contribution in [0, 0.1) is 12.8 Å². The minimum absolute atomic E-state index is 0.0452. The Labute approximate surface area is 141 Å². The summed E-state index contributed by atoms with van der Waals surface area (Å²) in [6, 6.07) is 0. The van der Waals surface area contributed by atoms with Crippen LogP contribution in [0.3, 0.4) is 0 Å². The van der Waals surface area contributed by atoms with E-state index in [-0.39, 0.29) is 17.7 Å². The zero-order valence-electron chi connectivity index (χ0n) is 14.4. The lowest BCUT2D eigenvalue weighted by atomic mass is 9.96. The highest BCUT2D eigenvalue weighted by Crippen LogP contribution is 2.20. The van der Waals surface area contributed by atoms with Gasteiger partial charge in [-0.3, -0.25) is 14.5 Å². The first kappa shape index (κ1) is 16.9. The van der Waals surface area contributed by atoms with Crippen LogP contribution in [0.15, 0.2) is 4.63 Å². The van der Waals surface area contributed by atoms with Gasteiger partial charge in [0.25, 0.3) is 0 Å². The van der Waals surface area contributed by atoms with E-state index in [1.807, 2.05) is 11.8 Å². The van der Waals surface area contributed by atoms with Crippen LogP contribution < -0.4 is 0 Å². The van der Waals surface area contributed by atoms with Crippen molar-refractivity contribution >= 4 is 11.8 Å². The molecule has 8 nitrogen and oxygen atoms in total. The van der Waals surface area contributed by atoms with Gasteiger partial charge in [-0.05, 0) is 19.8 Å². The summed E-state index contributed by atoms with van der Waals surface area (Å²) in [6.07, 6.45) is 1.79. The van der Waals surface area contributed by atoms with Crippen molar-refractivity contribution < 1.29 is 14.2 Å². The molecule has 2 fully saturated rings. The third kappa shape index (κ3) is 3.75. The first-order valence-electron chi connectivity index (χ1n) is 8.59. The number of carbonyl (C=O) groups excluding carboxylic acids is 2. The van der Waals surface area contributed by atoms with Crippen molar-refractivity contribution in [3.8, 4) is 0 Å². The summed E-state index contributed by atoms with van der Waals surface area (Å²) >= 11 is 0. The van der Waals surface area contributed by atoms with Crippen LogP contribution in [0.2, 0.25) is 0 Å². The van der Waals surface area contributed by atoms with Crippen LogP contribution in [0.5, 0.6) is 0 Å². The summed E-state index contributed by atoms with van der Waals surface area (Å²) in [5.41, 5.74) is 1.68. The van der Waals surface area contributed by atoms with Crippen molar-refractivity contribution in [3.05, 3.63) is 11.4 Å². The van der Waals surface area contributed by atoms with E-state index in [2.05, 4.69) is 15.2 Å². The molecule has 24 heavy (non-hydrogen) atoms. The zero-order chi connectivity index (χ0) is 17.1. The second-order valence-electron chi connectivity index (χ2n) is 6.70. The van der Waals surface area contributed by atoms with Gasteiger partial charge in [0.05, 0.1) is 5.92 Å². The van der Waals surface area contributed by atoms with E-state index in [1.54, 1.807) is 11.8 Å². The normalized spacial score (nSPS) is 22.7. The average molecular weight is 335 g/mol. The van der Waals surface area contributed by atoms with E-state index in [0.29, 0.717) is 13.1 Å². The Morgan fingerprint density at radius 2 is 1.88 bits per heavy atom. The lowest BCUT2D eigenvalue weighted by molar-refractivity contribution is -0.141. The SMILES string of the molecule is CC(=O)N1CCCC(C(=O)N2CCN(Cc3nonc3C)CC2)C1. The van der Waals surface area contributed by atoms with Crippen LogP contribution in [-0.4, -0.2) is 76.1 Å². The molecule has 3 rings (SSSR count). The molecule has 2 amide bonds. The van der Waals surface area contributed by atoms with Gasteiger partial charge in [-0.15, -0.1) is 0 Å². The average Bonchev–Trinajstić information content (AvgIpc) is 3.00. The van der Waals surface area contributed by atoms with Gasteiger partial charge in [-0.1, -0.05) is 10.3 Å². The number of piperidine rings is 1. The van der Waals surface area contributed by atoms with Gasteiger partial charge in [0.15, 0.2) is 0 Å². The van der Waals surface area contributed by atoms with E-state index in [1.165, 1.54) is 0 Å². The first-order chi connectivity index (χ1) is 11.5. The van der Waals surface area contributed by atoms with Gasteiger partial charge < -0.3 is 9.80 Å². The molecule has 2 aliphatic rings. The molecular formula is C16H25N5O3. The lowest BCUT2D eigenvalue weighted by Crippen LogP contribution is -2.52. The highest BCUT2D eigenvalue weighted by Gasteiger charge is 2.31. The molecule has 0 aliphatic carbocycles. The molecule has 8 heteroatoms. The van der Waals surface area contributed by atoms with Crippen molar-refractivity contribution in [2.24, 2.45) is 5.92 Å². The summed E-state index contributed by atoms with van der Waals surface area (Å²) in [5.74, 6) is 0.213. The lowest BCUT2D eigenvalue weighted by Gasteiger charge is -2.38. The molecule has 0 radical (unpaired) electrons. The number of aryl methyl sites for hydroxylation is 1. The Kier molecular flexibility index (Phi) is 5.13. The maximum absolute atomic E-state index is 12.7. The van der Waals surface area contributed by atoms with E-state index >= 15 is 0 Å². The van der Waals surface area contributed by atoms with Crippen molar-refractivity contribution in [1.82, 2.24) is 25.0 Å². The van der Waals surface area contributed by atoms with Crippen molar-refractivity contribution in [3.63, 3.8) is 0 Å². The van der Waals surface area contributed by atoms with E-state index in [0.717, 1.165) is 57.0 Å². The van der Waals surface area contributed by atoms with Gasteiger partial charge in [0, 0.05) is 52.7 Å². The molecule has 0 saturated carbocycles. The molecular weight excluding hydrogens is 310 g/mol. The molecule has 3 heterocycles. The third-order valence-electron chi connectivity index (χ3n) is 5.02. The Balaban J connectivity index is 1.50. The number of aromatic nitrogens is 2. The van der Waals surface area contributed by atoms with Crippen LogP contribution >= 0.6 is 0 Å². The van der Waals surface area contributed by atoms with Crippen molar-refractivity contribution in [2.45, 2.75) is 33.2 Å². The van der Waals surface area contributed by atoms with Gasteiger partial charge in [0.2, 0.25) is 11.8 Å². The Morgan fingerprint density at radius 3 is 2.50 bits per heavy atom. The first-order valence-corrected chi connectivity index (χ1v) is 8.59. The number of hydrogen-bond acceptors (Lipinski definition) is 6. The van der Waals surface area contributed by atoms with Gasteiger partial charge in [0.1, 0.15) is 11.4 Å². The maximum atomic E-state index is 12.7. The Bertz CT molecular complexity index is 594. The Hall–Kier alpha value is -1.96. The molecule has 132 valence electrons. The summed E-state index contributed by atoms with van der Waals surface area (Å²) in [6.45, 7) is 8.60.